The van der Waals surface area contributed by atoms with Crippen molar-refractivity contribution >= 4 is 17.5 Å². The lowest BCUT2D eigenvalue weighted by molar-refractivity contribution is -0.127. The molecule has 1 N–H and O–H groups in total. The second kappa shape index (κ2) is 9.01. The molecule has 1 rings (SSSR count). The molecule has 22 heavy (non-hydrogen) atoms. The van der Waals surface area contributed by atoms with E-state index in [1.807, 2.05) is 39.8 Å². The lowest BCUT2D eigenvalue weighted by Gasteiger charge is -2.16. The summed E-state index contributed by atoms with van der Waals surface area (Å²) in [5.41, 5.74) is 1.88. The number of carbonyl (C=O) groups is 1. The summed E-state index contributed by atoms with van der Waals surface area (Å²) in [5.74, 6) is 0.528. The molecule has 0 heterocycles. The predicted octanol–water partition coefficient (Wildman–Crippen LogP) is 3.66. The Hall–Kier alpha value is -1.26. The van der Waals surface area contributed by atoms with E-state index in [-0.39, 0.29) is 12.0 Å². The van der Waals surface area contributed by atoms with Gasteiger partial charge in [0.05, 0.1) is 6.10 Å². The normalized spacial score (nSPS) is 12.3. The van der Waals surface area contributed by atoms with Crippen LogP contribution < -0.4 is 10.1 Å². The monoisotopic (exact) mass is 327 g/mol. The van der Waals surface area contributed by atoms with Crippen LogP contribution >= 0.6 is 11.6 Å². The van der Waals surface area contributed by atoms with Gasteiger partial charge in [0.15, 0.2) is 6.10 Å². The standard InChI is InChI=1S/C17H26ClNO3/c1-11(2)21-8-6-7-19-17(20)14(5)22-15-9-12(3)16(18)13(4)10-15/h9-11,14H,6-8H2,1-5H3,(H,19,20)/t14-/m1/s1. The van der Waals surface area contributed by atoms with Crippen LogP contribution in [-0.4, -0.2) is 31.3 Å². The van der Waals surface area contributed by atoms with Crippen molar-refractivity contribution in [3.8, 4) is 5.75 Å². The molecule has 0 fully saturated rings. The van der Waals surface area contributed by atoms with Crippen molar-refractivity contribution in [1.29, 1.82) is 0 Å². The van der Waals surface area contributed by atoms with Gasteiger partial charge in [-0.2, -0.15) is 0 Å². The Morgan fingerprint density at radius 1 is 1.23 bits per heavy atom. The summed E-state index contributed by atoms with van der Waals surface area (Å²) < 4.78 is 11.1. The lowest BCUT2D eigenvalue weighted by Crippen LogP contribution is -2.37. The van der Waals surface area contributed by atoms with Gasteiger partial charge >= 0.3 is 0 Å². The first-order valence-electron chi connectivity index (χ1n) is 7.64. The minimum atomic E-state index is -0.550. The van der Waals surface area contributed by atoms with Crippen LogP contribution in [0.4, 0.5) is 0 Å². The van der Waals surface area contributed by atoms with Gasteiger partial charge in [-0.05, 0) is 64.3 Å². The lowest BCUT2D eigenvalue weighted by atomic mass is 10.1. The van der Waals surface area contributed by atoms with E-state index in [9.17, 15) is 4.79 Å². The molecule has 0 aromatic heterocycles. The number of benzene rings is 1. The SMILES string of the molecule is Cc1cc(O[C@H](C)C(=O)NCCCOC(C)C)cc(C)c1Cl. The maximum absolute atomic E-state index is 12.0. The second-order valence-electron chi connectivity index (χ2n) is 5.70. The van der Waals surface area contributed by atoms with Crippen molar-refractivity contribution in [2.75, 3.05) is 13.2 Å². The fraction of sp³-hybridized carbons (Fsp3) is 0.588. The molecule has 0 unspecified atom stereocenters. The van der Waals surface area contributed by atoms with Crippen molar-refractivity contribution in [2.45, 2.75) is 53.2 Å². The minimum Gasteiger partial charge on any atom is -0.481 e. The van der Waals surface area contributed by atoms with E-state index >= 15 is 0 Å². The third-order valence-corrected chi connectivity index (χ3v) is 3.76. The molecule has 0 saturated carbocycles. The average molecular weight is 328 g/mol. The summed E-state index contributed by atoms with van der Waals surface area (Å²) >= 11 is 6.12. The van der Waals surface area contributed by atoms with Crippen LogP contribution in [0.15, 0.2) is 12.1 Å². The number of ether oxygens (including phenoxy) is 2. The van der Waals surface area contributed by atoms with Crippen molar-refractivity contribution < 1.29 is 14.3 Å². The van der Waals surface area contributed by atoms with Crippen molar-refractivity contribution in [1.82, 2.24) is 5.32 Å². The molecule has 1 amide bonds. The van der Waals surface area contributed by atoms with Gasteiger partial charge in [-0.15, -0.1) is 0 Å². The summed E-state index contributed by atoms with van der Waals surface area (Å²) in [6, 6.07) is 3.69. The highest BCUT2D eigenvalue weighted by molar-refractivity contribution is 6.32. The molecule has 0 aliphatic heterocycles. The Kier molecular flexibility index (Phi) is 7.69. The van der Waals surface area contributed by atoms with E-state index in [4.69, 9.17) is 21.1 Å². The molecule has 0 saturated heterocycles. The average Bonchev–Trinajstić information content (AvgIpc) is 2.43. The Morgan fingerprint density at radius 3 is 2.36 bits per heavy atom. The van der Waals surface area contributed by atoms with Crippen LogP contribution in [0.5, 0.6) is 5.75 Å². The third kappa shape index (κ3) is 6.24. The number of nitrogens with one attached hydrogen (secondary N) is 1. The van der Waals surface area contributed by atoms with Crippen molar-refractivity contribution in [3.63, 3.8) is 0 Å². The molecule has 5 heteroatoms. The maximum Gasteiger partial charge on any atom is 0.260 e. The summed E-state index contributed by atoms with van der Waals surface area (Å²) in [5, 5.41) is 3.58. The van der Waals surface area contributed by atoms with Crippen molar-refractivity contribution in [3.05, 3.63) is 28.3 Å². The molecule has 0 bridgehead atoms. The Bertz CT molecular complexity index is 480. The van der Waals surface area contributed by atoms with Gasteiger partial charge in [-0.25, -0.2) is 0 Å². The number of aryl methyl sites for hydroxylation is 2. The summed E-state index contributed by atoms with van der Waals surface area (Å²) in [7, 11) is 0. The zero-order valence-corrected chi connectivity index (χ0v) is 14.8. The highest BCUT2D eigenvalue weighted by Gasteiger charge is 2.15. The summed E-state index contributed by atoms with van der Waals surface area (Å²) in [4.78, 5) is 12.0. The molecule has 0 radical (unpaired) electrons. The molecule has 1 atom stereocenters. The van der Waals surface area contributed by atoms with E-state index in [2.05, 4.69) is 5.32 Å². The first kappa shape index (κ1) is 18.8. The topological polar surface area (TPSA) is 47.6 Å². The van der Waals surface area contributed by atoms with Crippen LogP contribution in [-0.2, 0) is 9.53 Å². The predicted molar refractivity (Wildman–Crippen MR) is 89.7 cm³/mol. The van der Waals surface area contributed by atoms with Crippen molar-refractivity contribution in [2.24, 2.45) is 0 Å². The van der Waals surface area contributed by atoms with Gasteiger partial charge in [0, 0.05) is 18.2 Å². The molecule has 124 valence electrons. The van der Waals surface area contributed by atoms with E-state index < -0.39 is 6.10 Å². The smallest absolute Gasteiger partial charge is 0.260 e. The van der Waals surface area contributed by atoms with Gasteiger partial charge in [0.2, 0.25) is 0 Å². The van der Waals surface area contributed by atoms with Gasteiger partial charge in [-0.3, -0.25) is 4.79 Å². The number of rotatable bonds is 8. The Labute approximate surface area is 138 Å². The zero-order chi connectivity index (χ0) is 16.7. The van der Waals surface area contributed by atoms with E-state index in [1.54, 1.807) is 6.92 Å². The van der Waals surface area contributed by atoms with Gasteiger partial charge in [0.1, 0.15) is 5.75 Å². The first-order chi connectivity index (χ1) is 10.3. The molecule has 0 aliphatic carbocycles. The van der Waals surface area contributed by atoms with Crippen LogP contribution in [0.3, 0.4) is 0 Å². The van der Waals surface area contributed by atoms with Crippen LogP contribution in [0.25, 0.3) is 0 Å². The fourth-order valence-corrected chi connectivity index (χ4v) is 2.09. The zero-order valence-electron chi connectivity index (χ0n) is 14.0. The fourth-order valence-electron chi connectivity index (χ4n) is 1.98. The van der Waals surface area contributed by atoms with Crippen LogP contribution in [0, 0.1) is 13.8 Å². The molecule has 0 aliphatic rings. The van der Waals surface area contributed by atoms with Gasteiger partial charge in [0.25, 0.3) is 5.91 Å². The van der Waals surface area contributed by atoms with Gasteiger partial charge in [-0.1, -0.05) is 11.6 Å². The largest absolute Gasteiger partial charge is 0.481 e. The number of halogens is 1. The minimum absolute atomic E-state index is 0.130. The maximum atomic E-state index is 12.0. The van der Waals surface area contributed by atoms with E-state index in [0.29, 0.717) is 18.9 Å². The molecule has 1 aromatic carbocycles. The van der Waals surface area contributed by atoms with Crippen LogP contribution in [0.2, 0.25) is 5.02 Å². The van der Waals surface area contributed by atoms with Gasteiger partial charge < -0.3 is 14.8 Å². The molecular weight excluding hydrogens is 302 g/mol. The third-order valence-electron chi connectivity index (χ3n) is 3.16. The Morgan fingerprint density at radius 2 is 1.82 bits per heavy atom. The highest BCUT2D eigenvalue weighted by atomic mass is 35.5. The van der Waals surface area contributed by atoms with E-state index in [0.717, 1.165) is 22.6 Å². The van der Waals surface area contributed by atoms with Crippen LogP contribution in [0.1, 0.15) is 38.3 Å². The number of carbonyl (C=O) groups excluding carboxylic acids is 1. The number of amides is 1. The first-order valence-corrected chi connectivity index (χ1v) is 8.01. The summed E-state index contributed by atoms with van der Waals surface area (Å²) in [6.45, 7) is 10.8. The highest BCUT2D eigenvalue weighted by Crippen LogP contribution is 2.26. The van der Waals surface area contributed by atoms with E-state index in [1.165, 1.54) is 0 Å². The quantitative estimate of drug-likeness (QED) is 0.741. The number of hydrogen-bond acceptors (Lipinski definition) is 3. The molecule has 4 nitrogen and oxygen atoms in total. The second-order valence-corrected chi connectivity index (χ2v) is 6.07. The molecule has 1 aromatic rings. The summed E-state index contributed by atoms with van der Waals surface area (Å²) in [6.07, 6.45) is 0.454. The molecule has 0 spiro atoms. The molecular formula is C17H26ClNO3. The number of hydrogen-bond donors (Lipinski definition) is 1. The Balaban J connectivity index is 2.41.